The summed E-state index contributed by atoms with van der Waals surface area (Å²) in [6.07, 6.45) is 6.98. The molecule has 0 aliphatic heterocycles. The molecule has 0 radical (unpaired) electrons. The number of nitrogens with two attached hydrogens (primary N) is 1. The molecule has 3 heteroatoms. The van der Waals surface area contributed by atoms with Gasteiger partial charge in [0.05, 0.1) is 5.69 Å². The zero-order chi connectivity index (χ0) is 13.1. The molecule has 0 amide bonds. The predicted molar refractivity (Wildman–Crippen MR) is 77.1 cm³/mol. The van der Waals surface area contributed by atoms with Gasteiger partial charge in [0.25, 0.3) is 0 Å². The van der Waals surface area contributed by atoms with Gasteiger partial charge in [-0.15, -0.1) is 0 Å². The summed E-state index contributed by atoms with van der Waals surface area (Å²) in [5, 5.41) is 0. The van der Waals surface area contributed by atoms with Gasteiger partial charge in [-0.1, -0.05) is 36.8 Å². The van der Waals surface area contributed by atoms with Crippen LogP contribution in [0, 0.1) is 0 Å². The summed E-state index contributed by atoms with van der Waals surface area (Å²) in [5.74, 6) is 1.92. The lowest BCUT2D eigenvalue weighted by atomic mass is 9.85. The zero-order valence-electron chi connectivity index (χ0n) is 11.3. The molecule has 3 rings (SSSR count). The number of hydrogen-bond acceptors (Lipinski definition) is 2. The van der Waals surface area contributed by atoms with Gasteiger partial charge in [-0.2, -0.15) is 0 Å². The monoisotopic (exact) mass is 255 g/mol. The lowest BCUT2D eigenvalue weighted by molar-refractivity contribution is 0.390. The van der Waals surface area contributed by atoms with Gasteiger partial charge in [0, 0.05) is 25.1 Å². The van der Waals surface area contributed by atoms with E-state index < -0.39 is 0 Å². The van der Waals surface area contributed by atoms with E-state index in [1.807, 2.05) is 0 Å². The van der Waals surface area contributed by atoms with Gasteiger partial charge >= 0.3 is 0 Å². The first-order valence-electron chi connectivity index (χ1n) is 7.17. The van der Waals surface area contributed by atoms with Crippen molar-refractivity contribution in [3.05, 3.63) is 53.6 Å². The SMILES string of the molecule is NCCc1cn(Cc2ccccc2)c(C2CCC2)n1. The molecule has 0 bridgehead atoms. The highest BCUT2D eigenvalue weighted by atomic mass is 15.1. The third-order valence-electron chi connectivity index (χ3n) is 3.92. The maximum Gasteiger partial charge on any atom is 0.112 e. The van der Waals surface area contributed by atoms with E-state index >= 15 is 0 Å². The van der Waals surface area contributed by atoms with Crippen LogP contribution in [0.25, 0.3) is 0 Å². The summed E-state index contributed by atoms with van der Waals surface area (Å²) in [6, 6.07) is 10.6. The summed E-state index contributed by atoms with van der Waals surface area (Å²) in [7, 11) is 0. The number of aromatic nitrogens is 2. The summed E-state index contributed by atoms with van der Waals surface area (Å²) in [4.78, 5) is 4.80. The predicted octanol–water partition coefficient (Wildman–Crippen LogP) is 2.70. The molecule has 1 saturated carbocycles. The Morgan fingerprint density at radius 3 is 2.63 bits per heavy atom. The number of benzene rings is 1. The lowest BCUT2D eigenvalue weighted by Crippen LogP contribution is -2.15. The van der Waals surface area contributed by atoms with Crippen LogP contribution in [-0.4, -0.2) is 16.1 Å². The summed E-state index contributed by atoms with van der Waals surface area (Å²) >= 11 is 0. The molecular weight excluding hydrogens is 234 g/mol. The van der Waals surface area contributed by atoms with Crippen molar-refractivity contribution in [3.8, 4) is 0 Å². The van der Waals surface area contributed by atoms with E-state index in [1.165, 1.54) is 30.7 Å². The Kier molecular flexibility index (Phi) is 3.65. The van der Waals surface area contributed by atoms with Crippen LogP contribution in [0.5, 0.6) is 0 Å². The van der Waals surface area contributed by atoms with E-state index in [9.17, 15) is 0 Å². The van der Waals surface area contributed by atoms with Crippen molar-refractivity contribution < 1.29 is 0 Å². The van der Waals surface area contributed by atoms with Crippen molar-refractivity contribution in [2.45, 2.75) is 38.1 Å². The number of rotatable bonds is 5. The second-order valence-electron chi connectivity index (χ2n) is 5.37. The molecule has 1 aromatic heterocycles. The molecule has 0 unspecified atom stereocenters. The van der Waals surface area contributed by atoms with E-state index in [0.717, 1.165) is 18.7 Å². The number of imidazole rings is 1. The normalized spacial score (nSPS) is 15.4. The molecule has 0 saturated heterocycles. The summed E-state index contributed by atoms with van der Waals surface area (Å²) in [6.45, 7) is 1.59. The number of hydrogen-bond donors (Lipinski definition) is 1. The molecule has 0 spiro atoms. The van der Waals surface area contributed by atoms with Gasteiger partial charge in [-0.3, -0.25) is 0 Å². The summed E-state index contributed by atoms with van der Waals surface area (Å²) < 4.78 is 2.32. The van der Waals surface area contributed by atoms with Crippen molar-refractivity contribution in [2.75, 3.05) is 6.54 Å². The Balaban J connectivity index is 1.85. The van der Waals surface area contributed by atoms with Crippen molar-refractivity contribution in [2.24, 2.45) is 5.73 Å². The van der Waals surface area contributed by atoms with E-state index in [-0.39, 0.29) is 0 Å². The Labute approximate surface area is 114 Å². The summed E-state index contributed by atoms with van der Waals surface area (Å²) in [5.41, 5.74) is 8.12. The average Bonchev–Trinajstić information content (AvgIpc) is 2.72. The molecule has 2 aromatic rings. The van der Waals surface area contributed by atoms with E-state index in [4.69, 9.17) is 10.7 Å². The van der Waals surface area contributed by atoms with Gasteiger partial charge in [0.2, 0.25) is 0 Å². The van der Waals surface area contributed by atoms with Gasteiger partial charge in [-0.25, -0.2) is 4.98 Å². The smallest absolute Gasteiger partial charge is 0.112 e. The first kappa shape index (κ1) is 12.4. The molecule has 1 aromatic carbocycles. The Bertz CT molecular complexity index is 526. The Morgan fingerprint density at radius 1 is 1.21 bits per heavy atom. The Morgan fingerprint density at radius 2 is 2.00 bits per heavy atom. The van der Waals surface area contributed by atoms with Gasteiger partial charge in [0.15, 0.2) is 0 Å². The maximum absolute atomic E-state index is 5.65. The molecule has 2 N–H and O–H groups in total. The molecule has 1 aliphatic rings. The molecule has 3 nitrogen and oxygen atoms in total. The molecule has 0 atom stereocenters. The highest BCUT2D eigenvalue weighted by molar-refractivity contribution is 5.18. The molecule has 19 heavy (non-hydrogen) atoms. The molecule has 1 heterocycles. The van der Waals surface area contributed by atoms with Crippen molar-refractivity contribution in [1.29, 1.82) is 0 Å². The standard InChI is InChI=1S/C16H21N3/c17-10-9-15-12-19(11-13-5-2-1-3-6-13)16(18-15)14-7-4-8-14/h1-3,5-6,12,14H,4,7-11,17H2. The minimum absolute atomic E-state index is 0.662. The molecule has 1 aliphatic carbocycles. The highest BCUT2D eigenvalue weighted by Crippen LogP contribution is 2.36. The van der Waals surface area contributed by atoms with Gasteiger partial charge < -0.3 is 10.3 Å². The fraction of sp³-hybridized carbons (Fsp3) is 0.438. The van der Waals surface area contributed by atoms with Crippen LogP contribution in [-0.2, 0) is 13.0 Å². The molecule has 1 fully saturated rings. The minimum Gasteiger partial charge on any atom is -0.330 e. The van der Waals surface area contributed by atoms with Crippen molar-refractivity contribution >= 4 is 0 Å². The van der Waals surface area contributed by atoms with Crippen molar-refractivity contribution in [1.82, 2.24) is 9.55 Å². The number of nitrogens with zero attached hydrogens (tertiary/aromatic N) is 2. The topological polar surface area (TPSA) is 43.8 Å². The highest BCUT2D eigenvalue weighted by Gasteiger charge is 2.24. The van der Waals surface area contributed by atoms with Crippen LogP contribution in [0.3, 0.4) is 0 Å². The molecular formula is C16H21N3. The molecule has 100 valence electrons. The van der Waals surface area contributed by atoms with E-state index in [2.05, 4.69) is 41.1 Å². The second-order valence-corrected chi connectivity index (χ2v) is 5.37. The quantitative estimate of drug-likeness (QED) is 0.892. The third-order valence-corrected chi connectivity index (χ3v) is 3.92. The fourth-order valence-corrected chi connectivity index (χ4v) is 2.65. The first-order chi connectivity index (χ1) is 9.36. The Hall–Kier alpha value is -1.61. The maximum atomic E-state index is 5.65. The minimum atomic E-state index is 0.662. The van der Waals surface area contributed by atoms with Gasteiger partial charge in [-0.05, 0) is 24.9 Å². The zero-order valence-corrected chi connectivity index (χ0v) is 11.3. The van der Waals surface area contributed by atoms with Crippen LogP contribution < -0.4 is 5.73 Å². The lowest BCUT2D eigenvalue weighted by Gasteiger charge is -2.25. The van der Waals surface area contributed by atoms with Gasteiger partial charge in [0.1, 0.15) is 5.82 Å². The third kappa shape index (κ3) is 2.71. The average molecular weight is 255 g/mol. The van der Waals surface area contributed by atoms with Crippen LogP contribution in [0.4, 0.5) is 0 Å². The largest absolute Gasteiger partial charge is 0.330 e. The fourth-order valence-electron chi connectivity index (χ4n) is 2.65. The van der Waals surface area contributed by atoms with E-state index in [1.54, 1.807) is 0 Å². The first-order valence-corrected chi connectivity index (χ1v) is 7.17. The van der Waals surface area contributed by atoms with E-state index in [0.29, 0.717) is 12.5 Å². The van der Waals surface area contributed by atoms with Crippen LogP contribution >= 0.6 is 0 Å². The van der Waals surface area contributed by atoms with Crippen LogP contribution in [0.2, 0.25) is 0 Å². The second kappa shape index (κ2) is 5.57. The van der Waals surface area contributed by atoms with Crippen LogP contribution in [0.1, 0.15) is 42.3 Å². The van der Waals surface area contributed by atoms with Crippen molar-refractivity contribution in [3.63, 3.8) is 0 Å². The van der Waals surface area contributed by atoms with Crippen LogP contribution in [0.15, 0.2) is 36.5 Å².